The van der Waals surface area contributed by atoms with Gasteiger partial charge in [-0.15, -0.1) is 0 Å². The molecule has 0 aliphatic carbocycles. The lowest BCUT2D eigenvalue weighted by atomic mass is 9.99. The van der Waals surface area contributed by atoms with Crippen molar-refractivity contribution in [1.82, 2.24) is 5.06 Å². The van der Waals surface area contributed by atoms with Crippen LogP contribution < -0.4 is 0 Å². The fraction of sp³-hybridized carbons (Fsp3) is 0.800. The average molecular weight is 330 g/mol. The normalized spacial score (nSPS) is 31.7. The van der Waals surface area contributed by atoms with Crippen LogP contribution in [-0.2, 0) is 14.7 Å². The van der Waals surface area contributed by atoms with Crippen molar-refractivity contribution in [1.29, 1.82) is 0 Å². The Balaban J connectivity index is 2.43. The topological polar surface area (TPSA) is 72.7 Å². The van der Waals surface area contributed by atoms with Crippen LogP contribution in [0.3, 0.4) is 0 Å². The van der Waals surface area contributed by atoms with Gasteiger partial charge in [0.2, 0.25) is 0 Å². The van der Waals surface area contributed by atoms with Crippen LogP contribution >= 0.6 is 0 Å². The molecule has 2 saturated heterocycles. The van der Waals surface area contributed by atoms with E-state index in [9.17, 15) is 13.6 Å². The molecule has 0 aromatic carbocycles. The first kappa shape index (κ1) is 17.4. The summed E-state index contributed by atoms with van der Waals surface area (Å²) in [7, 11) is -3.34. The lowest BCUT2D eigenvalue weighted by Gasteiger charge is -2.34. The number of rotatable bonds is 1. The zero-order valence-electron chi connectivity index (χ0n) is 14.2. The first-order valence-corrected chi connectivity index (χ1v) is 9.16. The van der Waals surface area contributed by atoms with Gasteiger partial charge in [0.05, 0.1) is 23.3 Å². The number of allylic oxidation sites excluding steroid dienone is 1. The Morgan fingerprint density at radius 1 is 1.27 bits per heavy atom. The number of sulfone groups is 1. The van der Waals surface area contributed by atoms with Crippen molar-refractivity contribution in [3.63, 3.8) is 0 Å². The Hall–Kier alpha value is -0.920. The molecule has 2 unspecified atom stereocenters. The predicted molar refractivity (Wildman–Crippen MR) is 86.1 cm³/mol. The second kappa shape index (κ2) is 5.32. The summed E-state index contributed by atoms with van der Waals surface area (Å²) in [5, 5.41) is 13.7. The molecule has 2 aliphatic heterocycles. The molecule has 0 radical (unpaired) electrons. The Kier molecular flexibility index (Phi) is 4.21. The summed E-state index contributed by atoms with van der Waals surface area (Å²) in [4.78, 5) is 5.99. The van der Waals surface area contributed by atoms with E-state index >= 15 is 0 Å². The van der Waals surface area contributed by atoms with E-state index in [2.05, 4.69) is 0 Å². The van der Waals surface area contributed by atoms with Crippen LogP contribution in [0.2, 0.25) is 0 Å². The van der Waals surface area contributed by atoms with E-state index < -0.39 is 15.4 Å². The van der Waals surface area contributed by atoms with Crippen molar-refractivity contribution in [2.24, 2.45) is 5.92 Å². The molecule has 0 N–H and O–H groups in total. The predicted octanol–water partition coefficient (Wildman–Crippen LogP) is 1.71. The summed E-state index contributed by atoms with van der Waals surface area (Å²) in [6, 6.07) is -0.311. The van der Waals surface area contributed by atoms with E-state index in [0.29, 0.717) is 6.61 Å². The van der Waals surface area contributed by atoms with Crippen LogP contribution in [-0.4, -0.2) is 53.9 Å². The van der Waals surface area contributed by atoms with E-state index in [1.807, 2.05) is 20.8 Å². The van der Waals surface area contributed by atoms with Gasteiger partial charge in [-0.1, -0.05) is 0 Å². The maximum absolute atomic E-state index is 12.4. The van der Waals surface area contributed by atoms with Crippen molar-refractivity contribution < 1.29 is 18.0 Å². The molecule has 2 rings (SSSR count). The van der Waals surface area contributed by atoms with E-state index in [0.717, 1.165) is 4.74 Å². The Labute approximate surface area is 132 Å². The van der Waals surface area contributed by atoms with Gasteiger partial charge in [-0.05, 0) is 20.8 Å². The number of fused-ring (bicyclic) bond motifs is 1. The van der Waals surface area contributed by atoms with Crippen molar-refractivity contribution in [2.45, 2.75) is 58.7 Å². The minimum atomic E-state index is -3.34. The van der Waals surface area contributed by atoms with E-state index in [1.54, 1.807) is 25.8 Å². The Morgan fingerprint density at radius 2 is 1.86 bits per heavy atom. The summed E-state index contributed by atoms with van der Waals surface area (Å²) < 4.78 is 25.6. The summed E-state index contributed by atoms with van der Waals surface area (Å²) in [5.41, 5.74) is -0.908. The molecular formula is C15H26N2O4S. The fourth-order valence-corrected chi connectivity index (χ4v) is 4.72. The monoisotopic (exact) mass is 330 g/mol. The fourth-order valence-electron chi connectivity index (χ4n) is 2.77. The van der Waals surface area contributed by atoms with E-state index in [-0.39, 0.29) is 28.2 Å². The van der Waals surface area contributed by atoms with Crippen molar-refractivity contribution in [2.75, 3.05) is 12.4 Å². The van der Waals surface area contributed by atoms with Crippen LogP contribution in [0, 0.1) is 11.1 Å². The Morgan fingerprint density at radius 3 is 2.36 bits per heavy atom. The molecule has 0 aromatic rings. The van der Waals surface area contributed by atoms with Gasteiger partial charge in [0.25, 0.3) is 0 Å². The van der Waals surface area contributed by atoms with Crippen LogP contribution in [0.15, 0.2) is 11.0 Å². The van der Waals surface area contributed by atoms with Gasteiger partial charge in [0.1, 0.15) is 0 Å². The molecule has 22 heavy (non-hydrogen) atoms. The van der Waals surface area contributed by atoms with Crippen LogP contribution in [0.5, 0.6) is 0 Å². The highest BCUT2D eigenvalue weighted by atomic mass is 32.2. The minimum Gasteiger partial charge on any atom is -0.623 e. The average Bonchev–Trinajstić information content (AvgIpc) is 2.79. The maximum Gasteiger partial charge on any atom is 0.176 e. The molecule has 0 amide bonds. The minimum absolute atomic E-state index is 0.0707. The molecule has 0 bridgehead atoms. The number of hydroxylamine groups is 3. The number of hydrogen-bond acceptors (Lipinski definition) is 5. The molecule has 0 saturated carbocycles. The highest BCUT2D eigenvalue weighted by Crippen LogP contribution is 2.41. The van der Waals surface area contributed by atoms with E-state index in [1.165, 1.54) is 12.3 Å². The van der Waals surface area contributed by atoms with E-state index in [4.69, 9.17) is 4.84 Å². The van der Waals surface area contributed by atoms with Gasteiger partial charge in [-0.25, -0.2) is 13.2 Å². The van der Waals surface area contributed by atoms with Gasteiger partial charge in [-0.2, -0.15) is 5.06 Å². The molecule has 7 heteroatoms. The van der Waals surface area contributed by atoms with Gasteiger partial charge in [-0.3, -0.25) is 4.84 Å². The first-order chi connectivity index (χ1) is 9.84. The first-order valence-electron chi connectivity index (χ1n) is 7.50. The Bertz CT molecular complexity index is 608. The molecule has 2 heterocycles. The van der Waals surface area contributed by atoms with Crippen molar-refractivity contribution in [3.05, 3.63) is 16.2 Å². The summed E-state index contributed by atoms with van der Waals surface area (Å²) in [6.45, 7) is 11.7. The SMILES string of the molecule is CC(C)(C)N1OCC2CS(=O)(=O)/C(=C\C=[N+](/[O-])C(C)(C)C)C21. The molecule has 0 spiro atoms. The molecule has 126 valence electrons. The standard InChI is InChI=1S/C15H26N2O4S/c1-14(2,3)16(18)8-7-12-13-11(10-22(12,19)20)9-21-17(13)15(4,5)6/h7-8,11,13H,9-10H2,1-6H3/b12-7-,16-8-. The number of hydrogen-bond donors (Lipinski definition) is 0. The second-order valence-corrected chi connectivity index (χ2v) is 10.0. The van der Waals surface area contributed by atoms with Gasteiger partial charge < -0.3 is 5.21 Å². The molecule has 6 nitrogen and oxygen atoms in total. The summed E-state index contributed by atoms with van der Waals surface area (Å²) in [6.07, 6.45) is 2.76. The quantitative estimate of drug-likeness (QED) is 0.317. The third-order valence-electron chi connectivity index (χ3n) is 3.91. The zero-order chi connectivity index (χ0) is 16.9. The second-order valence-electron chi connectivity index (χ2n) is 7.99. The van der Waals surface area contributed by atoms with Crippen LogP contribution in [0.25, 0.3) is 0 Å². The molecule has 2 atom stereocenters. The molecular weight excluding hydrogens is 304 g/mol. The van der Waals surface area contributed by atoms with Crippen molar-refractivity contribution in [3.8, 4) is 0 Å². The zero-order valence-corrected chi connectivity index (χ0v) is 15.0. The summed E-state index contributed by atoms with van der Waals surface area (Å²) in [5.74, 6) is 0.0109. The molecule has 2 fully saturated rings. The van der Waals surface area contributed by atoms with Gasteiger partial charge >= 0.3 is 0 Å². The van der Waals surface area contributed by atoms with Gasteiger partial charge in [0.15, 0.2) is 21.6 Å². The van der Waals surface area contributed by atoms with Crippen molar-refractivity contribution >= 4 is 16.1 Å². The third-order valence-corrected chi connectivity index (χ3v) is 5.87. The lowest BCUT2D eigenvalue weighted by molar-refractivity contribution is -0.530. The summed E-state index contributed by atoms with van der Waals surface area (Å²) >= 11 is 0. The molecule has 0 aromatic heterocycles. The number of nitrogens with zero attached hydrogens (tertiary/aromatic N) is 2. The smallest absolute Gasteiger partial charge is 0.176 e. The highest BCUT2D eigenvalue weighted by Gasteiger charge is 2.53. The highest BCUT2D eigenvalue weighted by molar-refractivity contribution is 7.95. The largest absolute Gasteiger partial charge is 0.623 e. The maximum atomic E-state index is 12.4. The van der Waals surface area contributed by atoms with Crippen LogP contribution in [0.4, 0.5) is 0 Å². The molecule has 2 aliphatic rings. The van der Waals surface area contributed by atoms with Crippen LogP contribution in [0.1, 0.15) is 41.5 Å². The van der Waals surface area contributed by atoms with Gasteiger partial charge in [0, 0.05) is 38.3 Å². The lowest BCUT2D eigenvalue weighted by Crippen LogP contribution is -2.45. The third kappa shape index (κ3) is 3.21.